The molecule has 2 rings (SSSR count). The zero-order valence-corrected chi connectivity index (χ0v) is 14.2. The lowest BCUT2D eigenvalue weighted by Crippen LogP contribution is -2.25. The number of nitrogens with one attached hydrogen (secondary N) is 1. The molecule has 0 saturated carbocycles. The molecule has 0 bridgehead atoms. The van der Waals surface area contributed by atoms with Gasteiger partial charge in [0.1, 0.15) is 5.75 Å². The molecule has 7 heteroatoms. The fourth-order valence-corrected chi connectivity index (χ4v) is 2.29. The Morgan fingerprint density at radius 2 is 1.88 bits per heavy atom. The van der Waals surface area contributed by atoms with Crippen molar-refractivity contribution < 1.29 is 19.4 Å². The van der Waals surface area contributed by atoms with E-state index in [1.165, 1.54) is 0 Å². The van der Waals surface area contributed by atoms with E-state index >= 15 is 0 Å². The number of carboxylic acids is 1. The molecule has 0 spiro atoms. The van der Waals surface area contributed by atoms with Gasteiger partial charge in [0.2, 0.25) is 0 Å². The molecule has 128 valence electrons. The first kappa shape index (κ1) is 17.5. The topological polar surface area (TPSA) is 93.4 Å². The van der Waals surface area contributed by atoms with E-state index in [0.717, 1.165) is 5.69 Å². The van der Waals surface area contributed by atoms with E-state index in [9.17, 15) is 9.59 Å². The van der Waals surface area contributed by atoms with Crippen molar-refractivity contribution in [3.63, 3.8) is 0 Å². The van der Waals surface area contributed by atoms with Crippen LogP contribution in [0.1, 0.15) is 36.8 Å². The molecule has 0 unspecified atom stereocenters. The normalized spacial score (nSPS) is 11.2. The van der Waals surface area contributed by atoms with Crippen molar-refractivity contribution in [3.05, 3.63) is 41.7 Å². The summed E-state index contributed by atoms with van der Waals surface area (Å²) in [5.74, 6) is -0.868. The molecule has 1 heterocycles. The van der Waals surface area contributed by atoms with Gasteiger partial charge in [-0.3, -0.25) is 9.48 Å². The van der Waals surface area contributed by atoms with Gasteiger partial charge >= 0.3 is 5.97 Å². The van der Waals surface area contributed by atoms with Gasteiger partial charge < -0.3 is 15.2 Å². The minimum Gasteiger partial charge on any atom is -0.482 e. The molecule has 24 heavy (non-hydrogen) atoms. The predicted octanol–water partition coefficient (Wildman–Crippen LogP) is 2.66. The maximum Gasteiger partial charge on any atom is 0.341 e. The lowest BCUT2D eigenvalue weighted by molar-refractivity contribution is -0.139. The number of ether oxygens (including phenoxy) is 1. The number of aliphatic carboxylic acids is 1. The third kappa shape index (κ3) is 4.13. The summed E-state index contributed by atoms with van der Waals surface area (Å²) in [5, 5.41) is 15.6. The Kier molecular flexibility index (Phi) is 4.92. The Morgan fingerprint density at radius 1 is 1.25 bits per heavy atom. The number of carboxylic acid groups (broad SMARTS) is 1. The first-order chi connectivity index (χ1) is 11.2. The average molecular weight is 331 g/mol. The van der Waals surface area contributed by atoms with Gasteiger partial charge in [-0.2, -0.15) is 5.10 Å². The van der Waals surface area contributed by atoms with Gasteiger partial charge in [0.15, 0.2) is 6.61 Å². The molecule has 0 aliphatic rings. The van der Waals surface area contributed by atoms with Crippen LogP contribution >= 0.6 is 0 Å². The number of aromatic nitrogens is 2. The van der Waals surface area contributed by atoms with E-state index in [-0.39, 0.29) is 11.4 Å². The zero-order chi connectivity index (χ0) is 17.9. The smallest absolute Gasteiger partial charge is 0.341 e. The number of carbonyl (C=O) groups is 2. The molecule has 0 aliphatic carbocycles. The predicted molar refractivity (Wildman–Crippen MR) is 89.5 cm³/mol. The molecule has 2 N–H and O–H groups in total. The molecule has 0 radical (unpaired) electrons. The van der Waals surface area contributed by atoms with Gasteiger partial charge in [-0.1, -0.05) is 0 Å². The number of anilines is 1. The lowest BCUT2D eigenvalue weighted by Gasteiger charge is -2.21. The Hall–Kier alpha value is -2.83. The van der Waals surface area contributed by atoms with Crippen molar-refractivity contribution in [3.8, 4) is 5.75 Å². The van der Waals surface area contributed by atoms with Crippen molar-refractivity contribution in [2.75, 3.05) is 11.9 Å². The van der Waals surface area contributed by atoms with Gasteiger partial charge in [-0.15, -0.1) is 0 Å². The minimum atomic E-state index is -1.04. The number of hydrogen-bond donors (Lipinski definition) is 2. The fraction of sp³-hybridized carbons (Fsp3) is 0.353. The van der Waals surface area contributed by atoms with Crippen LogP contribution in [0.4, 0.5) is 5.69 Å². The Balaban J connectivity index is 2.07. The van der Waals surface area contributed by atoms with Gasteiger partial charge in [0, 0.05) is 11.4 Å². The summed E-state index contributed by atoms with van der Waals surface area (Å²) in [7, 11) is 0. The summed E-state index contributed by atoms with van der Waals surface area (Å²) in [6, 6.07) is 6.51. The van der Waals surface area contributed by atoms with Crippen molar-refractivity contribution in [1.82, 2.24) is 9.78 Å². The third-order valence-electron chi connectivity index (χ3n) is 3.36. The van der Waals surface area contributed by atoms with Crippen molar-refractivity contribution >= 4 is 17.6 Å². The lowest BCUT2D eigenvalue weighted by atomic mass is 10.1. The number of benzene rings is 1. The summed E-state index contributed by atoms with van der Waals surface area (Å²) >= 11 is 0. The van der Waals surface area contributed by atoms with E-state index in [1.54, 1.807) is 30.5 Å². The molecular weight excluding hydrogens is 310 g/mol. The first-order valence-electron chi connectivity index (χ1n) is 7.49. The fourth-order valence-electron chi connectivity index (χ4n) is 2.29. The van der Waals surface area contributed by atoms with Crippen LogP contribution in [0.15, 0.2) is 30.5 Å². The number of amides is 1. The summed E-state index contributed by atoms with van der Waals surface area (Å²) in [5.41, 5.74) is 1.69. The van der Waals surface area contributed by atoms with Crippen molar-refractivity contribution in [2.45, 2.75) is 33.2 Å². The van der Waals surface area contributed by atoms with Crippen molar-refractivity contribution in [2.24, 2.45) is 0 Å². The molecule has 0 atom stereocenters. The summed E-state index contributed by atoms with van der Waals surface area (Å²) < 4.78 is 6.86. The quantitative estimate of drug-likeness (QED) is 0.878. The third-order valence-corrected chi connectivity index (χ3v) is 3.36. The van der Waals surface area contributed by atoms with E-state index < -0.39 is 12.6 Å². The standard InChI is InChI=1S/C17H21N3O4/c1-11-14(9-18-20(11)17(2,3)4)16(23)19-12-5-7-13(8-6-12)24-10-15(21)22/h5-9H,10H2,1-4H3,(H,19,23)(H,21,22). The monoisotopic (exact) mass is 331 g/mol. The van der Waals surface area contributed by atoms with E-state index in [1.807, 2.05) is 32.4 Å². The molecule has 0 saturated heterocycles. The molecular formula is C17H21N3O4. The summed E-state index contributed by atoms with van der Waals surface area (Å²) in [6.07, 6.45) is 1.56. The second-order valence-electron chi connectivity index (χ2n) is 6.39. The number of rotatable bonds is 5. The highest BCUT2D eigenvalue weighted by Crippen LogP contribution is 2.20. The maximum atomic E-state index is 12.4. The zero-order valence-electron chi connectivity index (χ0n) is 14.2. The van der Waals surface area contributed by atoms with E-state index in [2.05, 4.69) is 10.4 Å². The average Bonchev–Trinajstić information content (AvgIpc) is 2.88. The molecule has 1 aromatic heterocycles. The van der Waals surface area contributed by atoms with Crippen molar-refractivity contribution in [1.29, 1.82) is 0 Å². The van der Waals surface area contributed by atoms with Crippen LogP contribution in [-0.4, -0.2) is 33.4 Å². The van der Waals surface area contributed by atoms with E-state index in [0.29, 0.717) is 17.0 Å². The number of carbonyl (C=O) groups excluding carboxylic acids is 1. The molecule has 0 fully saturated rings. The van der Waals surface area contributed by atoms with Crippen LogP contribution in [0.5, 0.6) is 5.75 Å². The Morgan fingerprint density at radius 3 is 2.38 bits per heavy atom. The minimum absolute atomic E-state index is 0.203. The van der Waals surface area contributed by atoms with Crippen LogP contribution in [0.25, 0.3) is 0 Å². The highest BCUT2D eigenvalue weighted by atomic mass is 16.5. The molecule has 0 aliphatic heterocycles. The Labute approximate surface area is 140 Å². The molecule has 1 amide bonds. The second kappa shape index (κ2) is 6.74. The van der Waals surface area contributed by atoms with Crippen LogP contribution < -0.4 is 10.1 Å². The van der Waals surface area contributed by atoms with Crippen LogP contribution in [0.2, 0.25) is 0 Å². The molecule has 7 nitrogen and oxygen atoms in total. The SMILES string of the molecule is Cc1c(C(=O)Nc2ccc(OCC(=O)O)cc2)cnn1C(C)(C)C. The maximum absolute atomic E-state index is 12.4. The highest BCUT2D eigenvalue weighted by molar-refractivity contribution is 6.04. The molecule has 2 aromatic rings. The van der Waals surface area contributed by atoms with Gasteiger partial charge in [-0.25, -0.2) is 4.79 Å². The second-order valence-corrected chi connectivity index (χ2v) is 6.39. The largest absolute Gasteiger partial charge is 0.482 e. The van der Waals surface area contributed by atoms with Crippen LogP contribution in [0.3, 0.4) is 0 Å². The molecule has 1 aromatic carbocycles. The van der Waals surface area contributed by atoms with Crippen LogP contribution in [0, 0.1) is 6.92 Å². The van der Waals surface area contributed by atoms with Gasteiger partial charge in [-0.05, 0) is 52.0 Å². The van der Waals surface area contributed by atoms with E-state index in [4.69, 9.17) is 9.84 Å². The summed E-state index contributed by atoms with van der Waals surface area (Å²) in [6.45, 7) is 7.51. The first-order valence-corrected chi connectivity index (χ1v) is 7.49. The Bertz CT molecular complexity index is 742. The van der Waals surface area contributed by atoms with Crippen LogP contribution in [-0.2, 0) is 10.3 Å². The number of hydrogen-bond acceptors (Lipinski definition) is 4. The van der Waals surface area contributed by atoms with Gasteiger partial charge in [0.25, 0.3) is 5.91 Å². The van der Waals surface area contributed by atoms with Gasteiger partial charge in [0.05, 0.1) is 17.3 Å². The highest BCUT2D eigenvalue weighted by Gasteiger charge is 2.21. The number of nitrogens with zero attached hydrogens (tertiary/aromatic N) is 2. The summed E-state index contributed by atoms with van der Waals surface area (Å²) in [4.78, 5) is 22.9.